The third kappa shape index (κ3) is 6.82. The Labute approximate surface area is 239 Å². The molecule has 13 heteroatoms. The molecule has 2 fully saturated rings. The largest absolute Gasteiger partial charge is 0.416 e. The van der Waals surface area contributed by atoms with Crippen molar-refractivity contribution in [2.75, 3.05) is 39.1 Å². The van der Waals surface area contributed by atoms with E-state index in [-0.39, 0.29) is 31.0 Å². The first-order valence-electron chi connectivity index (χ1n) is 13.6. The second-order valence-electron chi connectivity index (χ2n) is 11.0. The number of halogens is 7. The van der Waals surface area contributed by atoms with Gasteiger partial charge in [0.2, 0.25) is 5.91 Å². The van der Waals surface area contributed by atoms with Crippen LogP contribution in [0.3, 0.4) is 0 Å². The number of urea groups is 1. The number of nitrogens with one attached hydrogen (secondary N) is 1. The van der Waals surface area contributed by atoms with E-state index in [1.54, 1.807) is 17.0 Å². The molecule has 2 atom stereocenters. The van der Waals surface area contributed by atoms with Crippen LogP contribution in [0, 0.1) is 11.7 Å². The molecule has 3 amide bonds. The lowest BCUT2D eigenvalue weighted by Crippen LogP contribution is -2.48. The van der Waals surface area contributed by atoms with Crippen molar-refractivity contribution < 1.29 is 40.3 Å². The van der Waals surface area contributed by atoms with Gasteiger partial charge in [-0.15, -0.1) is 0 Å². The minimum Gasteiger partial charge on any atom is -0.340 e. The number of likely N-dealkylation sites (N-methyl/N-ethyl adjacent to an activating group) is 1. The average Bonchev–Trinajstić information content (AvgIpc) is 3.40. The standard InChI is InChI=1S/C29H33F7N4O2/c1-37-22-10-6-18(7-11-22)26(41)40-15-24(17-4-8-21(30)9-5-17)25(16-40)39(3)27(42)38(2)23-13-19(28(31,32)33)12-20(14-23)29(34,35)36/h4-5,8-9,12-14,18,22,24-25,37H,6-7,10-11,15-16H2,1-3H3/t18?,22?,24-,25+/m0/s1. The number of rotatable bonds is 5. The molecule has 4 rings (SSSR count). The lowest BCUT2D eigenvalue weighted by Gasteiger charge is -2.33. The van der Waals surface area contributed by atoms with Crippen LogP contribution in [0.15, 0.2) is 42.5 Å². The second kappa shape index (κ2) is 12.1. The lowest BCUT2D eigenvalue weighted by molar-refractivity contribution is -0.143. The van der Waals surface area contributed by atoms with E-state index in [2.05, 4.69) is 5.32 Å². The molecule has 0 radical (unpaired) electrons. The summed E-state index contributed by atoms with van der Waals surface area (Å²) < 4.78 is 94.3. The molecule has 1 heterocycles. The van der Waals surface area contributed by atoms with Crippen LogP contribution in [0.25, 0.3) is 0 Å². The van der Waals surface area contributed by atoms with Crippen molar-refractivity contribution >= 4 is 17.6 Å². The van der Waals surface area contributed by atoms with Crippen LogP contribution in [-0.2, 0) is 17.1 Å². The monoisotopic (exact) mass is 602 g/mol. The highest BCUT2D eigenvalue weighted by Crippen LogP contribution is 2.39. The molecule has 230 valence electrons. The smallest absolute Gasteiger partial charge is 0.340 e. The number of nitrogens with zero attached hydrogens (tertiary/aromatic N) is 3. The molecule has 1 N–H and O–H groups in total. The van der Waals surface area contributed by atoms with E-state index in [1.807, 2.05) is 7.05 Å². The van der Waals surface area contributed by atoms with Crippen molar-refractivity contribution in [2.24, 2.45) is 5.92 Å². The number of carbonyl (C=O) groups is 2. The quantitative estimate of drug-likeness (QED) is 0.420. The number of likely N-dealkylation sites (tertiary alicyclic amines) is 1. The fourth-order valence-electron chi connectivity index (χ4n) is 5.90. The van der Waals surface area contributed by atoms with Gasteiger partial charge in [0.25, 0.3) is 0 Å². The maximum Gasteiger partial charge on any atom is 0.416 e. The van der Waals surface area contributed by atoms with Crippen molar-refractivity contribution in [1.82, 2.24) is 15.1 Å². The Morgan fingerprint density at radius 1 is 0.857 bits per heavy atom. The Balaban J connectivity index is 1.61. The maximum absolute atomic E-state index is 13.7. The molecule has 0 bridgehead atoms. The lowest BCUT2D eigenvalue weighted by atomic mass is 9.85. The van der Waals surface area contributed by atoms with Gasteiger partial charge < -0.3 is 15.1 Å². The molecule has 0 spiro atoms. The first-order chi connectivity index (χ1) is 19.6. The van der Waals surface area contributed by atoms with Crippen LogP contribution in [0.1, 0.15) is 48.3 Å². The average molecular weight is 603 g/mol. The van der Waals surface area contributed by atoms with E-state index in [0.717, 1.165) is 24.8 Å². The van der Waals surface area contributed by atoms with Gasteiger partial charge in [-0.25, -0.2) is 9.18 Å². The Kier molecular flexibility index (Phi) is 9.10. The summed E-state index contributed by atoms with van der Waals surface area (Å²) in [6, 6.07) is 5.39. The number of benzene rings is 2. The molecule has 6 nitrogen and oxygen atoms in total. The minimum absolute atomic E-state index is 0.000590. The van der Waals surface area contributed by atoms with Crippen molar-refractivity contribution in [3.63, 3.8) is 0 Å². The Hall–Kier alpha value is -3.35. The van der Waals surface area contributed by atoms with E-state index in [9.17, 15) is 40.3 Å². The third-order valence-corrected chi connectivity index (χ3v) is 8.43. The fourth-order valence-corrected chi connectivity index (χ4v) is 5.90. The highest BCUT2D eigenvalue weighted by atomic mass is 19.4. The Morgan fingerprint density at radius 3 is 1.90 bits per heavy atom. The number of hydrogen-bond acceptors (Lipinski definition) is 3. The van der Waals surface area contributed by atoms with Crippen molar-refractivity contribution in [3.05, 3.63) is 65.0 Å². The van der Waals surface area contributed by atoms with Gasteiger partial charge >= 0.3 is 18.4 Å². The summed E-state index contributed by atoms with van der Waals surface area (Å²) in [5, 5.41) is 3.22. The summed E-state index contributed by atoms with van der Waals surface area (Å²) in [5.41, 5.74) is -3.01. The highest BCUT2D eigenvalue weighted by molar-refractivity contribution is 5.92. The van der Waals surface area contributed by atoms with Crippen LogP contribution in [0.4, 0.5) is 41.2 Å². The van der Waals surface area contributed by atoms with Gasteiger partial charge in [0, 0.05) is 50.7 Å². The first kappa shape index (κ1) is 31.6. The van der Waals surface area contributed by atoms with Crippen LogP contribution >= 0.6 is 0 Å². The first-order valence-corrected chi connectivity index (χ1v) is 13.6. The summed E-state index contributed by atoms with van der Waals surface area (Å²) >= 11 is 0. The Bertz CT molecular complexity index is 1240. The number of carbonyl (C=O) groups excluding carboxylic acids is 2. The zero-order chi connectivity index (χ0) is 31.0. The van der Waals surface area contributed by atoms with Gasteiger partial charge in [0.15, 0.2) is 0 Å². The second-order valence-corrected chi connectivity index (χ2v) is 11.0. The molecule has 1 aliphatic carbocycles. The van der Waals surface area contributed by atoms with Gasteiger partial charge in [-0.3, -0.25) is 9.69 Å². The molecule has 2 aromatic rings. The third-order valence-electron chi connectivity index (χ3n) is 8.43. The van der Waals surface area contributed by atoms with Crippen LogP contribution in [0.5, 0.6) is 0 Å². The van der Waals surface area contributed by atoms with Crippen LogP contribution in [-0.4, -0.2) is 68.1 Å². The summed E-state index contributed by atoms with van der Waals surface area (Å²) in [7, 11) is 4.36. The molecule has 1 aliphatic heterocycles. The molecule has 1 saturated heterocycles. The summed E-state index contributed by atoms with van der Waals surface area (Å²) in [6.07, 6.45) is -7.07. The highest BCUT2D eigenvalue weighted by Gasteiger charge is 2.43. The molecule has 0 unspecified atom stereocenters. The van der Waals surface area contributed by atoms with Crippen molar-refractivity contribution in [1.29, 1.82) is 0 Å². The van der Waals surface area contributed by atoms with Gasteiger partial charge in [-0.2, -0.15) is 26.3 Å². The summed E-state index contributed by atoms with van der Waals surface area (Å²) in [4.78, 5) is 30.7. The molecule has 2 aromatic carbocycles. The van der Waals surface area contributed by atoms with E-state index in [4.69, 9.17) is 0 Å². The van der Waals surface area contributed by atoms with Crippen molar-refractivity contribution in [3.8, 4) is 0 Å². The van der Waals surface area contributed by atoms with Crippen LogP contribution < -0.4 is 10.2 Å². The zero-order valence-electron chi connectivity index (χ0n) is 23.4. The van der Waals surface area contributed by atoms with Gasteiger partial charge in [-0.1, -0.05) is 12.1 Å². The molecular weight excluding hydrogens is 569 g/mol. The SMILES string of the molecule is CNC1CCC(C(=O)N2C[C@@H](N(C)C(=O)N(C)c3cc(C(F)(F)F)cc(C(F)(F)F)c3)[C@H](c3ccc(F)cc3)C2)CC1. The minimum atomic E-state index is -5.07. The van der Waals surface area contributed by atoms with E-state index in [1.165, 1.54) is 24.1 Å². The van der Waals surface area contributed by atoms with E-state index < -0.39 is 53.0 Å². The van der Waals surface area contributed by atoms with Gasteiger partial charge in [0.1, 0.15) is 5.82 Å². The molecule has 2 aliphatic rings. The topological polar surface area (TPSA) is 55.9 Å². The van der Waals surface area contributed by atoms with Crippen LogP contribution in [0.2, 0.25) is 0 Å². The predicted octanol–water partition coefficient (Wildman–Crippen LogP) is 6.12. The molecule has 42 heavy (non-hydrogen) atoms. The van der Waals surface area contributed by atoms with E-state index in [0.29, 0.717) is 36.6 Å². The predicted molar refractivity (Wildman–Crippen MR) is 142 cm³/mol. The number of anilines is 1. The number of alkyl halides is 6. The Morgan fingerprint density at radius 2 is 1.40 bits per heavy atom. The number of amides is 3. The number of hydrogen-bond donors (Lipinski definition) is 1. The van der Waals surface area contributed by atoms with Gasteiger partial charge in [0.05, 0.1) is 17.2 Å². The molecule has 1 saturated carbocycles. The maximum atomic E-state index is 13.7. The normalized spacial score (nSPS) is 23.1. The summed E-state index contributed by atoms with van der Waals surface area (Å²) in [6.45, 7) is 0.337. The van der Waals surface area contributed by atoms with Crippen molar-refractivity contribution in [2.45, 2.75) is 56.0 Å². The molecular formula is C29H33F7N4O2. The van der Waals surface area contributed by atoms with Gasteiger partial charge in [-0.05, 0) is 68.6 Å². The summed E-state index contributed by atoms with van der Waals surface area (Å²) in [5.74, 6) is -1.20. The zero-order valence-corrected chi connectivity index (χ0v) is 23.4. The van der Waals surface area contributed by atoms with E-state index >= 15 is 0 Å². The molecule has 0 aromatic heterocycles. The fraction of sp³-hybridized carbons (Fsp3) is 0.517.